The second-order valence-corrected chi connectivity index (χ2v) is 7.37. The molecule has 2 aromatic rings. The van der Waals surface area contributed by atoms with Crippen LogP contribution in [0.4, 0.5) is 0 Å². The largest absolute Gasteiger partial charge is 0.339 e. The third-order valence-corrected chi connectivity index (χ3v) is 5.62. The maximum Gasteiger partial charge on any atom is 0.238 e. The van der Waals surface area contributed by atoms with E-state index in [0.29, 0.717) is 18.4 Å². The molecule has 2 N–H and O–H groups in total. The topological polar surface area (TPSA) is 64.9 Å². The molecule has 0 aromatic heterocycles. The van der Waals surface area contributed by atoms with Crippen LogP contribution >= 0.6 is 0 Å². The molecular weight excluding hydrogens is 322 g/mol. The predicted octanol–water partition coefficient (Wildman–Crippen LogP) is 3.04. The van der Waals surface area contributed by atoms with Crippen molar-refractivity contribution in [3.63, 3.8) is 0 Å². The van der Waals surface area contributed by atoms with Gasteiger partial charge in [-0.2, -0.15) is 5.26 Å². The van der Waals surface area contributed by atoms with E-state index in [2.05, 4.69) is 41.0 Å². The fraction of sp³-hybridized carbons (Fsp3) is 0.364. The molecule has 4 heteroatoms. The lowest BCUT2D eigenvalue weighted by Crippen LogP contribution is -2.50. The molecule has 4 nitrogen and oxygen atoms in total. The Morgan fingerprint density at radius 3 is 2.46 bits per heavy atom. The van der Waals surface area contributed by atoms with Crippen LogP contribution in [0.3, 0.4) is 0 Å². The smallest absolute Gasteiger partial charge is 0.238 e. The first-order valence-corrected chi connectivity index (χ1v) is 9.33. The molecule has 4 rings (SSSR count). The first kappa shape index (κ1) is 16.8. The SMILES string of the molecule is N#C[C@H](Cc1ccc(-c2ccccc2)cc1)NC(=O)C1NC2CCC1C2. The zero-order chi connectivity index (χ0) is 17.9. The van der Waals surface area contributed by atoms with Crippen LogP contribution in [0, 0.1) is 17.2 Å². The van der Waals surface area contributed by atoms with Gasteiger partial charge in [0.1, 0.15) is 6.04 Å². The Morgan fingerprint density at radius 1 is 1.12 bits per heavy atom. The van der Waals surface area contributed by atoms with E-state index in [0.717, 1.165) is 24.0 Å². The van der Waals surface area contributed by atoms with Gasteiger partial charge in [0.15, 0.2) is 0 Å². The van der Waals surface area contributed by atoms with E-state index in [1.54, 1.807) is 0 Å². The quantitative estimate of drug-likeness (QED) is 0.875. The molecule has 1 aliphatic carbocycles. The number of benzene rings is 2. The maximum absolute atomic E-state index is 12.5. The highest BCUT2D eigenvalue weighted by atomic mass is 16.2. The van der Waals surface area contributed by atoms with Crippen LogP contribution < -0.4 is 10.6 Å². The van der Waals surface area contributed by atoms with Crippen molar-refractivity contribution >= 4 is 5.91 Å². The summed E-state index contributed by atoms with van der Waals surface area (Å²) >= 11 is 0. The zero-order valence-electron chi connectivity index (χ0n) is 14.7. The lowest BCUT2D eigenvalue weighted by molar-refractivity contribution is -0.124. The van der Waals surface area contributed by atoms with Crippen LogP contribution in [0.1, 0.15) is 24.8 Å². The summed E-state index contributed by atoms with van der Waals surface area (Å²) in [4.78, 5) is 12.5. The monoisotopic (exact) mass is 345 g/mol. The predicted molar refractivity (Wildman–Crippen MR) is 101 cm³/mol. The summed E-state index contributed by atoms with van der Waals surface area (Å²) in [5.74, 6) is 0.411. The minimum absolute atomic E-state index is 0.0235. The molecule has 4 atom stereocenters. The first-order valence-electron chi connectivity index (χ1n) is 9.33. The molecule has 2 aliphatic rings. The highest BCUT2D eigenvalue weighted by Crippen LogP contribution is 2.35. The highest BCUT2D eigenvalue weighted by Gasteiger charge is 2.42. The third-order valence-electron chi connectivity index (χ3n) is 5.62. The molecule has 2 fully saturated rings. The van der Waals surface area contributed by atoms with Gasteiger partial charge >= 0.3 is 0 Å². The molecule has 1 amide bonds. The van der Waals surface area contributed by atoms with Crippen LogP contribution in [0.5, 0.6) is 0 Å². The van der Waals surface area contributed by atoms with Crippen molar-refractivity contribution in [2.24, 2.45) is 5.92 Å². The van der Waals surface area contributed by atoms with E-state index in [1.165, 1.54) is 12.0 Å². The number of carbonyl (C=O) groups excluding carboxylic acids is 1. The summed E-state index contributed by atoms with van der Waals surface area (Å²) in [7, 11) is 0. The van der Waals surface area contributed by atoms with Crippen LogP contribution in [-0.2, 0) is 11.2 Å². The molecular formula is C22H23N3O. The number of amides is 1. The normalized spacial score (nSPS) is 24.8. The van der Waals surface area contributed by atoms with Gasteiger partial charge in [0.2, 0.25) is 5.91 Å². The second kappa shape index (κ2) is 7.31. The Kier molecular flexibility index (Phi) is 4.73. The maximum atomic E-state index is 12.5. The molecule has 0 spiro atoms. The first-order chi connectivity index (χ1) is 12.7. The van der Waals surface area contributed by atoms with Crippen LogP contribution in [0.25, 0.3) is 11.1 Å². The Hall–Kier alpha value is -2.64. The number of rotatable bonds is 5. The number of nitriles is 1. The number of carbonyl (C=O) groups is 1. The van der Waals surface area contributed by atoms with Gasteiger partial charge in [-0.15, -0.1) is 0 Å². The minimum atomic E-state index is -0.494. The summed E-state index contributed by atoms with van der Waals surface area (Å²) < 4.78 is 0. The molecule has 2 bridgehead atoms. The van der Waals surface area contributed by atoms with E-state index in [-0.39, 0.29) is 11.9 Å². The van der Waals surface area contributed by atoms with Crippen molar-refractivity contribution in [1.29, 1.82) is 5.26 Å². The second-order valence-electron chi connectivity index (χ2n) is 7.37. The minimum Gasteiger partial charge on any atom is -0.339 e. The summed E-state index contributed by atoms with van der Waals surface area (Å²) in [5, 5.41) is 15.8. The molecule has 3 unspecified atom stereocenters. The third kappa shape index (κ3) is 3.49. The summed E-state index contributed by atoms with van der Waals surface area (Å²) in [6.45, 7) is 0. The van der Waals surface area contributed by atoms with Crippen LogP contribution in [0.15, 0.2) is 54.6 Å². The summed E-state index contributed by atoms with van der Waals surface area (Å²) in [5.41, 5.74) is 3.38. The van der Waals surface area contributed by atoms with Crippen molar-refractivity contribution in [3.8, 4) is 17.2 Å². The van der Waals surface area contributed by atoms with E-state index in [9.17, 15) is 10.1 Å². The van der Waals surface area contributed by atoms with Gasteiger partial charge in [0.05, 0.1) is 12.1 Å². The number of piperidine rings is 1. The van der Waals surface area contributed by atoms with Crippen LogP contribution in [0.2, 0.25) is 0 Å². The molecule has 2 aromatic carbocycles. The van der Waals surface area contributed by atoms with Crippen molar-refractivity contribution in [2.45, 2.75) is 43.8 Å². The van der Waals surface area contributed by atoms with E-state index >= 15 is 0 Å². The van der Waals surface area contributed by atoms with Gasteiger partial charge in [0.25, 0.3) is 0 Å². The Labute approximate surface area is 154 Å². The molecule has 1 aliphatic heterocycles. The number of hydrogen-bond acceptors (Lipinski definition) is 3. The average molecular weight is 345 g/mol. The summed E-state index contributed by atoms with van der Waals surface area (Å²) in [6.07, 6.45) is 3.91. The fourth-order valence-electron chi connectivity index (χ4n) is 4.24. The summed E-state index contributed by atoms with van der Waals surface area (Å²) in [6, 6.07) is 20.5. The molecule has 1 saturated carbocycles. The number of nitrogens with one attached hydrogen (secondary N) is 2. The Morgan fingerprint density at radius 2 is 1.85 bits per heavy atom. The highest BCUT2D eigenvalue weighted by molar-refractivity contribution is 5.83. The van der Waals surface area contributed by atoms with Crippen molar-refractivity contribution in [3.05, 3.63) is 60.2 Å². The van der Waals surface area contributed by atoms with E-state index < -0.39 is 6.04 Å². The van der Waals surface area contributed by atoms with Crippen molar-refractivity contribution in [2.75, 3.05) is 0 Å². The van der Waals surface area contributed by atoms with Gasteiger partial charge in [-0.05, 0) is 41.9 Å². The van der Waals surface area contributed by atoms with E-state index in [1.807, 2.05) is 30.3 Å². The van der Waals surface area contributed by atoms with Gasteiger partial charge < -0.3 is 10.6 Å². The molecule has 0 radical (unpaired) electrons. The Balaban J connectivity index is 1.37. The molecule has 132 valence electrons. The van der Waals surface area contributed by atoms with E-state index in [4.69, 9.17) is 0 Å². The van der Waals surface area contributed by atoms with Gasteiger partial charge in [-0.3, -0.25) is 4.79 Å². The molecule has 26 heavy (non-hydrogen) atoms. The van der Waals surface area contributed by atoms with Gasteiger partial charge in [-0.1, -0.05) is 54.6 Å². The standard InChI is InChI=1S/C22H23N3O/c23-14-20(25-22(26)21-18-10-11-19(13-18)24-21)12-15-6-8-17(9-7-15)16-4-2-1-3-5-16/h1-9,18-21,24H,10-13H2,(H,25,26)/t18?,19?,20-,21?/m0/s1. The lowest BCUT2D eigenvalue weighted by atomic mass is 9.98. The van der Waals surface area contributed by atoms with Gasteiger partial charge in [-0.25, -0.2) is 0 Å². The van der Waals surface area contributed by atoms with Gasteiger partial charge in [0, 0.05) is 12.5 Å². The zero-order valence-corrected chi connectivity index (χ0v) is 14.7. The van der Waals surface area contributed by atoms with Crippen molar-refractivity contribution in [1.82, 2.24) is 10.6 Å². The fourth-order valence-corrected chi connectivity index (χ4v) is 4.24. The molecule has 1 saturated heterocycles. The Bertz CT molecular complexity index is 810. The number of fused-ring (bicyclic) bond motifs is 2. The van der Waals surface area contributed by atoms with Crippen LogP contribution in [-0.4, -0.2) is 24.0 Å². The average Bonchev–Trinajstić information content (AvgIpc) is 3.32. The lowest BCUT2D eigenvalue weighted by Gasteiger charge is -2.23. The molecule has 1 heterocycles. The van der Waals surface area contributed by atoms with Crippen molar-refractivity contribution < 1.29 is 4.79 Å². The number of nitrogens with zero attached hydrogens (tertiary/aromatic N) is 1. The number of hydrogen-bond donors (Lipinski definition) is 2.